The summed E-state index contributed by atoms with van der Waals surface area (Å²) in [7, 11) is 0. The summed E-state index contributed by atoms with van der Waals surface area (Å²) in [5.41, 5.74) is 0. The fraction of sp³-hybridized carbons (Fsp3) is 0.500. The van der Waals surface area contributed by atoms with Crippen LogP contribution in [0.5, 0.6) is 0 Å². The fourth-order valence-corrected chi connectivity index (χ4v) is 3.11. The summed E-state index contributed by atoms with van der Waals surface area (Å²) < 4.78 is 0.866. The molecule has 1 aromatic rings. The molecule has 4 nitrogen and oxygen atoms in total. The van der Waals surface area contributed by atoms with Crippen LogP contribution in [0.4, 0.5) is 0 Å². The van der Waals surface area contributed by atoms with Gasteiger partial charge >= 0.3 is 5.97 Å². The van der Waals surface area contributed by atoms with Crippen molar-refractivity contribution in [3.05, 3.63) is 20.8 Å². The number of carbonyl (C=O) groups excluding carboxylic acids is 1. The zero-order valence-electron chi connectivity index (χ0n) is 9.69. The molecule has 0 bridgehead atoms. The zero-order valence-corrected chi connectivity index (χ0v) is 12.1. The average molecular weight is 332 g/mol. The molecule has 1 saturated carbocycles. The van der Waals surface area contributed by atoms with Crippen LogP contribution in [0.1, 0.15) is 28.9 Å². The van der Waals surface area contributed by atoms with Gasteiger partial charge in [0.2, 0.25) is 0 Å². The molecule has 1 aliphatic carbocycles. The van der Waals surface area contributed by atoms with Gasteiger partial charge in [0.05, 0.1) is 10.8 Å². The number of carboxylic acids is 1. The highest BCUT2D eigenvalue weighted by Crippen LogP contribution is 2.35. The van der Waals surface area contributed by atoms with Crippen LogP contribution in [-0.2, 0) is 4.79 Å². The maximum absolute atomic E-state index is 11.8. The van der Waals surface area contributed by atoms with Gasteiger partial charge < -0.3 is 10.4 Å². The van der Waals surface area contributed by atoms with Gasteiger partial charge in [-0.15, -0.1) is 11.3 Å². The number of halogens is 1. The number of hydrogen-bond donors (Lipinski definition) is 2. The minimum atomic E-state index is -0.824. The van der Waals surface area contributed by atoms with Gasteiger partial charge in [0.25, 0.3) is 5.91 Å². The lowest BCUT2D eigenvalue weighted by Gasteiger charge is -2.12. The van der Waals surface area contributed by atoms with Crippen LogP contribution in [0.25, 0.3) is 0 Å². The first-order valence-corrected chi connectivity index (χ1v) is 7.48. The van der Waals surface area contributed by atoms with Gasteiger partial charge in [0.1, 0.15) is 0 Å². The molecule has 1 heterocycles. The highest BCUT2D eigenvalue weighted by Gasteiger charge is 2.29. The van der Waals surface area contributed by atoms with Crippen LogP contribution >= 0.6 is 27.3 Å². The Morgan fingerprint density at radius 2 is 2.28 bits per heavy atom. The molecule has 0 spiro atoms. The molecular weight excluding hydrogens is 318 g/mol. The van der Waals surface area contributed by atoms with Crippen molar-refractivity contribution in [2.45, 2.75) is 19.3 Å². The third kappa shape index (κ3) is 3.81. The smallest absolute Gasteiger partial charge is 0.308 e. The number of aliphatic carboxylic acids is 1. The quantitative estimate of drug-likeness (QED) is 0.842. The predicted molar refractivity (Wildman–Crippen MR) is 72.8 cm³/mol. The minimum Gasteiger partial charge on any atom is -0.481 e. The third-order valence-electron chi connectivity index (χ3n) is 2.96. The van der Waals surface area contributed by atoms with E-state index in [1.54, 1.807) is 6.07 Å². The van der Waals surface area contributed by atoms with E-state index in [4.69, 9.17) is 5.11 Å². The van der Waals surface area contributed by atoms with Crippen molar-refractivity contribution < 1.29 is 14.7 Å². The molecule has 0 aliphatic heterocycles. The van der Waals surface area contributed by atoms with Crippen molar-refractivity contribution in [3.8, 4) is 0 Å². The Morgan fingerprint density at radius 3 is 2.78 bits per heavy atom. The molecule has 1 amide bonds. The molecule has 2 rings (SSSR count). The molecule has 18 heavy (non-hydrogen) atoms. The molecule has 0 saturated heterocycles. The summed E-state index contributed by atoms with van der Waals surface area (Å²) in [6, 6.07) is 1.73. The monoisotopic (exact) mass is 331 g/mol. The molecule has 1 fully saturated rings. The Bertz CT molecular complexity index is 456. The standard InChI is InChI=1S/C12H14BrNO3S/c13-9-4-10(18-6-9)11(15)14-5-8(12(16)17)3-7-1-2-7/h4,6-8H,1-3,5H2,(H,14,15)(H,16,17). The van der Waals surface area contributed by atoms with E-state index in [1.165, 1.54) is 11.3 Å². The summed E-state index contributed by atoms with van der Waals surface area (Å²) in [5.74, 6) is -0.953. The molecule has 98 valence electrons. The van der Waals surface area contributed by atoms with Crippen molar-refractivity contribution in [2.75, 3.05) is 6.54 Å². The number of thiophene rings is 1. The topological polar surface area (TPSA) is 66.4 Å². The fourth-order valence-electron chi connectivity index (χ4n) is 1.76. The first-order valence-electron chi connectivity index (χ1n) is 5.81. The summed E-state index contributed by atoms with van der Waals surface area (Å²) in [6.45, 7) is 0.209. The summed E-state index contributed by atoms with van der Waals surface area (Å²) in [4.78, 5) is 23.4. The summed E-state index contributed by atoms with van der Waals surface area (Å²) in [6.07, 6.45) is 2.91. The van der Waals surface area contributed by atoms with Gasteiger partial charge in [0, 0.05) is 16.4 Å². The summed E-state index contributed by atoms with van der Waals surface area (Å²) in [5, 5.41) is 13.6. The number of carboxylic acid groups (broad SMARTS) is 1. The van der Waals surface area contributed by atoms with Crippen LogP contribution < -0.4 is 5.32 Å². The number of hydrogen-bond acceptors (Lipinski definition) is 3. The van der Waals surface area contributed by atoms with Crippen molar-refractivity contribution >= 4 is 39.1 Å². The zero-order chi connectivity index (χ0) is 13.1. The lowest BCUT2D eigenvalue weighted by atomic mass is 10.0. The molecule has 1 atom stereocenters. The molecule has 1 aromatic heterocycles. The van der Waals surface area contributed by atoms with Crippen LogP contribution in [0.3, 0.4) is 0 Å². The van der Waals surface area contributed by atoms with Gasteiger partial charge in [-0.05, 0) is 34.3 Å². The van der Waals surface area contributed by atoms with Crippen molar-refractivity contribution in [2.24, 2.45) is 11.8 Å². The van der Waals surface area contributed by atoms with Gasteiger partial charge in [-0.25, -0.2) is 0 Å². The van der Waals surface area contributed by atoms with Gasteiger partial charge in [-0.2, -0.15) is 0 Å². The van der Waals surface area contributed by atoms with Crippen LogP contribution in [0, 0.1) is 11.8 Å². The van der Waals surface area contributed by atoms with Crippen molar-refractivity contribution in [1.29, 1.82) is 0 Å². The Balaban J connectivity index is 1.84. The summed E-state index contributed by atoms with van der Waals surface area (Å²) >= 11 is 4.62. The van der Waals surface area contributed by atoms with Gasteiger partial charge in [-0.1, -0.05) is 12.8 Å². The van der Waals surface area contributed by atoms with Crippen LogP contribution in [0.15, 0.2) is 15.9 Å². The molecule has 2 N–H and O–H groups in total. The average Bonchev–Trinajstić information content (AvgIpc) is 3.03. The number of amides is 1. The number of nitrogens with one attached hydrogen (secondary N) is 1. The maximum atomic E-state index is 11.8. The highest BCUT2D eigenvalue weighted by atomic mass is 79.9. The lowest BCUT2D eigenvalue weighted by Crippen LogP contribution is -2.32. The maximum Gasteiger partial charge on any atom is 0.308 e. The molecule has 0 radical (unpaired) electrons. The second-order valence-corrected chi connectivity index (χ2v) is 6.38. The van der Waals surface area contributed by atoms with E-state index in [0.29, 0.717) is 17.2 Å². The molecule has 6 heteroatoms. The van der Waals surface area contributed by atoms with E-state index in [2.05, 4.69) is 21.2 Å². The van der Waals surface area contributed by atoms with E-state index in [0.717, 1.165) is 17.3 Å². The Hall–Kier alpha value is -0.880. The third-order valence-corrected chi connectivity index (χ3v) is 4.65. The van der Waals surface area contributed by atoms with E-state index in [9.17, 15) is 9.59 Å². The minimum absolute atomic E-state index is 0.201. The molecular formula is C12H14BrNO3S. The second-order valence-electron chi connectivity index (χ2n) is 4.55. The number of rotatable bonds is 6. The Labute approximate surface area is 118 Å². The first kappa shape index (κ1) is 13.5. The Kier molecular flexibility index (Phi) is 4.40. The molecule has 1 aliphatic rings. The molecule has 1 unspecified atom stereocenters. The first-order chi connectivity index (χ1) is 8.56. The number of carbonyl (C=O) groups is 2. The lowest BCUT2D eigenvalue weighted by molar-refractivity contribution is -0.141. The van der Waals surface area contributed by atoms with Crippen LogP contribution in [0.2, 0.25) is 0 Å². The van der Waals surface area contributed by atoms with Gasteiger partial charge in [-0.3, -0.25) is 9.59 Å². The second kappa shape index (κ2) is 5.84. The molecule has 0 aromatic carbocycles. The SMILES string of the molecule is O=C(NCC(CC1CC1)C(=O)O)c1cc(Br)cs1. The van der Waals surface area contributed by atoms with E-state index < -0.39 is 11.9 Å². The van der Waals surface area contributed by atoms with E-state index >= 15 is 0 Å². The van der Waals surface area contributed by atoms with E-state index in [1.807, 2.05) is 5.38 Å². The highest BCUT2D eigenvalue weighted by molar-refractivity contribution is 9.10. The predicted octanol–water partition coefficient (Wildman–Crippen LogP) is 2.74. The van der Waals surface area contributed by atoms with Crippen LogP contribution in [-0.4, -0.2) is 23.5 Å². The van der Waals surface area contributed by atoms with Gasteiger partial charge in [0.15, 0.2) is 0 Å². The van der Waals surface area contributed by atoms with E-state index in [-0.39, 0.29) is 12.5 Å². The largest absolute Gasteiger partial charge is 0.481 e. The normalized spacial score (nSPS) is 16.3. The van der Waals surface area contributed by atoms with Crippen molar-refractivity contribution in [3.63, 3.8) is 0 Å². The van der Waals surface area contributed by atoms with Crippen molar-refractivity contribution in [1.82, 2.24) is 5.32 Å². The Morgan fingerprint density at radius 1 is 1.56 bits per heavy atom.